The minimum Gasteiger partial charge on any atom is -0.396 e. The van der Waals surface area contributed by atoms with Gasteiger partial charge < -0.3 is 10.8 Å². The summed E-state index contributed by atoms with van der Waals surface area (Å²) in [5.41, 5.74) is 5.09. The van der Waals surface area contributed by atoms with Crippen LogP contribution in [0.4, 0.5) is 14.5 Å². The van der Waals surface area contributed by atoms with Crippen molar-refractivity contribution in [1.29, 1.82) is 0 Å². The van der Waals surface area contributed by atoms with Gasteiger partial charge in [-0.05, 0) is 22.0 Å². The Labute approximate surface area is 81.7 Å². The van der Waals surface area contributed by atoms with Crippen LogP contribution in [0.25, 0.3) is 0 Å². The zero-order chi connectivity index (χ0) is 10.0. The van der Waals surface area contributed by atoms with Gasteiger partial charge >= 0.3 is 0 Å². The van der Waals surface area contributed by atoms with Gasteiger partial charge in [0.15, 0.2) is 0 Å². The van der Waals surface area contributed by atoms with Gasteiger partial charge in [-0.1, -0.05) is 0 Å². The van der Waals surface area contributed by atoms with E-state index >= 15 is 0 Å². The van der Waals surface area contributed by atoms with E-state index in [9.17, 15) is 8.78 Å². The van der Waals surface area contributed by atoms with Gasteiger partial charge in [-0.3, -0.25) is 0 Å². The quantitative estimate of drug-likeness (QED) is 0.791. The van der Waals surface area contributed by atoms with Crippen LogP contribution in [0.15, 0.2) is 10.7 Å². The van der Waals surface area contributed by atoms with Crippen molar-refractivity contribution < 1.29 is 13.9 Å². The maximum Gasteiger partial charge on any atom is 0.265 e. The number of aromatic nitrogens is 1. The van der Waals surface area contributed by atoms with Crippen molar-refractivity contribution in [3.8, 4) is 0 Å². The predicted molar refractivity (Wildman–Crippen MR) is 47.2 cm³/mol. The number of halogens is 3. The molecule has 1 aromatic heterocycles. The molecule has 1 heterocycles. The molecule has 0 radical (unpaired) electrons. The monoisotopic (exact) mass is 252 g/mol. The molecule has 3 nitrogen and oxygen atoms in total. The van der Waals surface area contributed by atoms with E-state index in [0.29, 0.717) is 0 Å². The second kappa shape index (κ2) is 3.97. The lowest BCUT2D eigenvalue weighted by Gasteiger charge is -2.07. The van der Waals surface area contributed by atoms with Crippen LogP contribution >= 0.6 is 15.9 Å². The fraction of sp³-hybridized carbons (Fsp3) is 0.286. The summed E-state index contributed by atoms with van der Waals surface area (Å²) in [6.07, 6.45) is -2.66. The molecule has 0 bridgehead atoms. The van der Waals surface area contributed by atoms with E-state index in [4.69, 9.17) is 10.8 Å². The number of rotatable bonds is 2. The molecule has 0 aromatic carbocycles. The molecule has 13 heavy (non-hydrogen) atoms. The Morgan fingerprint density at radius 2 is 2.23 bits per heavy atom. The standard InChI is InChI=1S/C7H7BrF2N2O/c8-6-5(11)4(7(9)10)1-3(2-13)12-6/h1,7,13H,2,11H2. The Morgan fingerprint density at radius 1 is 1.62 bits per heavy atom. The van der Waals surface area contributed by atoms with Crippen molar-refractivity contribution in [3.63, 3.8) is 0 Å². The van der Waals surface area contributed by atoms with Gasteiger partial charge in [0.2, 0.25) is 0 Å². The number of alkyl halides is 2. The van der Waals surface area contributed by atoms with Crippen LogP contribution in [0, 0.1) is 0 Å². The maximum absolute atomic E-state index is 12.3. The van der Waals surface area contributed by atoms with E-state index < -0.39 is 13.0 Å². The van der Waals surface area contributed by atoms with E-state index in [2.05, 4.69) is 20.9 Å². The Morgan fingerprint density at radius 3 is 2.69 bits per heavy atom. The molecule has 0 saturated heterocycles. The summed E-state index contributed by atoms with van der Waals surface area (Å²) in [6, 6.07) is 1.09. The second-order valence-electron chi connectivity index (χ2n) is 2.37. The van der Waals surface area contributed by atoms with Crippen LogP contribution in [0.3, 0.4) is 0 Å². The van der Waals surface area contributed by atoms with E-state index in [0.717, 1.165) is 6.07 Å². The minimum atomic E-state index is -2.66. The molecule has 0 spiro atoms. The molecule has 0 amide bonds. The zero-order valence-corrected chi connectivity index (χ0v) is 8.05. The lowest BCUT2D eigenvalue weighted by Crippen LogP contribution is -2.01. The molecule has 3 N–H and O–H groups in total. The van der Waals surface area contributed by atoms with Gasteiger partial charge in [0.25, 0.3) is 6.43 Å². The fourth-order valence-electron chi connectivity index (χ4n) is 0.856. The first-order valence-corrected chi connectivity index (χ1v) is 4.19. The Kier molecular flexibility index (Phi) is 3.16. The second-order valence-corrected chi connectivity index (χ2v) is 3.12. The first-order chi connectivity index (χ1) is 6.06. The van der Waals surface area contributed by atoms with Crippen molar-refractivity contribution >= 4 is 21.6 Å². The number of hydrogen-bond donors (Lipinski definition) is 2. The van der Waals surface area contributed by atoms with Crippen molar-refractivity contribution in [2.24, 2.45) is 0 Å². The van der Waals surface area contributed by atoms with Crippen LogP contribution in [0.2, 0.25) is 0 Å². The number of aliphatic hydroxyl groups excluding tert-OH is 1. The maximum atomic E-state index is 12.3. The van der Waals surface area contributed by atoms with Gasteiger partial charge in [-0.15, -0.1) is 0 Å². The molecular formula is C7H7BrF2N2O. The van der Waals surface area contributed by atoms with E-state index in [1.165, 1.54) is 0 Å². The molecule has 1 aromatic rings. The average molecular weight is 253 g/mol. The molecule has 6 heteroatoms. The topological polar surface area (TPSA) is 59.1 Å². The van der Waals surface area contributed by atoms with Crippen molar-refractivity contribution in [3.05, 3.63) is 21.9 Å². The number of pyridine rings is 1. The van der Waals surface area contributed by atoms with Crippen LogP contribution in [-0.4, -0.2) is 10.1 Å². The lowest BCUT2D eigenvalue weighted by atomic mass is 10.2. The molecule has 0 atom stereocenters. The summed E-state index contributed by atoms with van der Waals surface area (Å²) in [5, 5.41) is 8.69. The number of anilines is 1. The molecule has 0 aliphatic heterocycles. The van der Waals surface area contributed by atoms with Crippen LogP contribution < -0.4 is 5.73 Å². The minimum absolute atomic E-state index is 0.0906. The highest BCUT2D eigenvalue weighted by molar-refractivity contribution is 9.10. The molecule has 72 valence electrons. The molecule has 0 saturated carbocycles. The largest absolute Gasteiger partial charge is 0.396 e. The van der Waals surface area contributed by atoms with Gasteiger partial charge in [0.05, 0.1) is 18.0 Å². The van der Waals surface area contributed by atoms with Crippen molar-refractivity contribution in [2.45, 2.75) is 13.0 Å². The third kappa shape index (κ3) is 2.13. The fourth-order valence-corrected chi connectivity index (χ4v) is 1.31. The smallest absolute Gasteiger partial charge is 0.265 e. The Bertz CT molecular complexity index is 320. The third-order valence-electron chi connectivity index (χ3n) is 1.49. The number of hydrogen-bond acceptors (Lipinski definition) is 3. The predicted octanol–water partition coefficient (Wildman–Crippen LogP) is 1.86. The summed E-state index contributed by atoms with van der Waals surface area (Å²) in [7, 11) is 0. The van der Waals surface area contributed by atoms with E-state index in [1.807, 2.05) is 0 Å². The number of nitrogens with two attached hydrogens (primary N) is 1. The zero-order valence-electron chi connectivity index (χ0n) is 6.47. The van der Waals surface area contributed by atoms with Crippen molar-refractivity contribution in [1.82, 2.24) is 4.98 Å². The first-order valence-electron chi connectivity index (χ1n) is 3.40. The SMILES string of the molecule is Nc1c(C(F)F)cc(CO)nc1Br. The Balaban J connectivity index is 3.25. The third-order valence-corrected chi connectivity index (χ3v) is 2.10. The van der Waals surface area contributed by atoms with E-state index in [1.54, 1.807) is 0 Å². The van der Waals surface area contributed by atoms with Crippen molar-refractivity contribution in [2.75, 3.05) is 5.73 Å². The van der Waals surface area contributed by atoms with Crippen LogP contribution in [0.5, 0.6) is 0 Å². The summed E-state index contributed by atoms with van der Waals surface area (Å²) in [5.74, 6) is 0. The summed E-state index contributed by atoms with van der Waals surface area (Å²) in [4.78, 5) is 3.74. The van der Waals surface area contributed by atoms with Gasteiger partial charge in [0.1, 0.15) is 4.60 Å². The first kappa shape index (κ1) is 10.3. The van der Waals surface area contributed by atoms with Gasteiger partial charge in [-0.2, -0.15) is 0 Å². The Hall–Kier alpha value is -0.750. The summed E-state index contributed by atoms with van der Waals surface area (Å²) in [6.45, 7) is -0.390. The summed E-state index contributed by atoms with van der Waals surface area (Å²) < 4.78 is 24.8. The highest BCUT2D eigenvalue weighted by atomic mass is 79.9. The van der Waals surface area contributed by atoms with E-state index in [-0.39, 0.29) is 21.5 Å². The lowest BCUT2D eigenvalue weighted by molar-refractivity contribution is 0.151. The molecule has 0 aliphatic carbocycles. The molecule has 0 unspecified atom stereocenters. The molecular weight excluding hydrogens is 246 g/mol. The highest BCUT2D eigenvalue weighted by Gasteiger charge is 2.15. The summed E-state index contributed by atoms with van der Waals surface area (Å²) >= 11 is 2.93. The van der Waals surface area contributed by atoms with Gasteiger partial charge in [-0.25, -0.2) is 13.8 Å². The molecule has 1 rings (SSSR count). The molecule has 0 aliphatic rings. The number of aliphatic hydroxyl groups is 1. The highest BCUT2D eigenvalue weighted by Crippen LogP contribution is 2.30. The normalized spacial score (nSPS) is 10.8. The van der Waals surface area contributed by atoms with Crippen LogP contribution in [-0.2, 0) is 6.61 Å². The van der Waals surface area contributed by atoms with Crippen LogP contribution in [0.1, 0.15) is 17.7 Å². The average Bonchev–Trinajstić information content (AvgIpc) is 2.09. The van der Waals surface area contributed by atoms with Gasteiger partial charge in [0, 0.05) is 5.56 Å². The number of nitrogen functional groups attached to an aromatic ring is 1. The number of nitrogens with zero attached hydrogens (tertiary/aromatic N) is 1. The molecule has 0 fully saturated rings.